The predicted molar refractivity (Wildman–Crippen MR) is 134 cm³/mol. The molecule has 1 unspecified atom stereocenters. The van der Waals surface area contributed by atoms with E-state index in [0.717, 1.165) is 13.1 Å². The van der Waals surface area contributed by atoms with E-state index in [2.05, 4.69) is 21.3 Å². The van der Waals surface area contributed by atoms with Gasteiger partial charge in [0.15, 0.2) is 0 Å². The summed E-state index contributed by atoms with van der Waals surface area (Å²) < 4.78 is 5.11. The molecular formula is C24H26Cl2N4O6. The van der Waals surface area contributed by atoms with Gasteiger partial charge in [0.25, 0.3) is 5.91 Å². The maximum atomic E-state index is 12.8. The smallest absolute Gasteiger partial charge is 0.328 e. The summed E-state index contributed by atoms with van der Waals surface area (Å²) in [7, 11) is 0. The van der Waals surface area contributed by atoms with Crippen molar-refractivity contribution in [2.45, 2.75) is 25.4 Å². The highest BCUT2D eigenvalue weighted by molar-refractivity contribution is 6.39. The highest BCUT2D eigenvalue weighted by atomic mass is 35.5. The number of furan rings is 1. The number of carboxylic acid groups (broad SMARTS) is 1. The van der Waals surface area contributed by atoms with Gasteiger partial charge in [-0.15, -0.1) is 0 Å². The molecule has 3 amide bonds. The fourth-order valence-corrected chi connectivity index (χ4v) is 4.30. The van der Waals surface area contributed by atoms with Crippen LogP contribution in [0.3, 0.4) is 0 Å². The number of hydrogen-bond acceptors (Lipinski definition) is 6. The zero-order valence-electron chi connectivity index (χ0n) is 19.2. The van der Waals surface area contributed by atoms with Gasteiger partial charge in [0, 0.05) is 25.1 Å². The van der Waals surface area contributed by atoms with Crippen molar-refractivity contribution in [3.05, 3.63) is 63.5 Å². The molecule has 0 bridgehead atoms. The molecule has 1 saturated heterocycles. The molecule has 192 valence electrons. The van der Waals surface area contributed by atoms with Gasteiger partial charge in [-0.2, -0.15) is 0 Å². The molecule has 0 aliphatic carbocycles. The number of rotatable bonds is 10. The first-order chi connectivity index (χ1) is 17.2. The maximum Gasteiger partial charge on any atom is 0.328 e. The lowest BCUT2D eigenvalue weighted by Gasteiger charge is -2.23. The lowest BCUT2D eigenvalue weighted by Crippen LogP contribution is -2.50. The maximum absolute atomic E-state index is 12.8. The average Bonchev–Trinajstić information content (AvgIpc) is 3.37. The zero-order valence-corrected chi connectivity index (χ0v) is 20.7. The third-order valence-corrected chi connectivity index (χ3v) is 6.13. The molecule has 12 heteroatoms. The van der Waals surface area contributed by atoms with E-state index < -0.39 is 17.9 Å². The minimum absolute atomic E-state index is 0.0155. The summed E-state index contributed by atoms with van der Waals surface area (Å²) in [5.74, 6) is -2.42. The zero-order chi connectivity index (χ0) is 26.1. The van der Waals surface area contributed by atoms with Crippen LogP contribution >= 0.6 is 23.2 Å². The van der Waals surface area contributed by atoms with E-state index in [9.17, 15) is 24.3 Å². The fraction of sp³-hybridized carbons (Fsp3) is 0.333. The molecule has 0 spiro atoms. The third-order valence-electron chi connectivity index (χ3n) is 5.53. The minimum atomic E-state index is -1.38. The first-order valence-corrected chi connectivity index (χ1v) is 12.0. The van der Waals surface area contributed by atoms with Crippen LogP contribution in [0.15, 0.2) is 41.0 Å². The summed E-state index contributed by atoms with van der Waals surface area (Å²) in [6.07, 6.45) is 5.63. The molecule has 1 aromatic heterocycles. The van der Waals surface area contributed by atoms with Crippen LogP contribution in [0.5, 0.6) is 0 Å². The van der Waals surface area contributed by atoms with Crippen molar-refractivity contribution >= 4 is 53.0 Å². The number of aliphatic carboxylic acids is 1. The van der Waals surface area contributed by atoms with E-state index in [1.165, 1.54) is 30.5 Å². The molecule has 10 nitrogen and oxygen atoms in total. The number of benzene rings is 1. The van der Waals surface area contributed by atoms with E-state index in [1.807, 2.05) is 0 Å². The molecular weight excluding hydrogens is 511 g/mol. The van der Waals surface area contributed by atoms with Crippen LogP contribution in [-0.4, -0.2) is 54.5 Å². The van der Waals surface area contributed by atoms with Gasteiger partial charge >= 0.3 is 5.97 Å². The Labute approximate surface area is 217 Å². The normalized spacial score (nSPS) is 14.8. The number of carboxylic acids is 1. The van der Waals surface area contributed by atoms with Crippen LogP contribution in [0.4, 0.5) is 0 Å². The Morgan fingerprint density at radius 2 is 1.83 bits per heavy atom. The molecule has 3 rings (SSSR count). The molecule has 2 aromatic rings. The summed E-state index contributed by atoms with van der Waals surface area (Å²) in [5.41, 5.74) is 0.423. The first kappa shape index (κ1) is 27.3. The topological polar surface area (TPSA) is 150 Å². The largest absolute Gasteiger partial charge is 0.480 e. The molecule has 1 aliphatic heterocycles. The first-order valence-electron chi connectivity index (χ1n) is 11.2. The van der Waals surface area contributed by atoms with Crippen LogP contribution in [0.1, 0.15) is 34.5 Å². The van der Waals surface area contributed by atoms with Gasteiger partial charge in [0.05, 0.1) is 21.9 Å². The Balaban J connectivity index is 1.57. The van der Waals surface area contributed by atoms with Gasteiger partial charge in [-0.05, 0) is 61.8 Å². The lowest BCUT2D eigenvalue weighted by molar-refractivity contribution is -0.139. The van der Waals surface area contributed by atoms with Gasteiger partial charge in [-0.1, -0.05) is 23.2 Å². The van der Waals surface area contributed by atoms with Gasteiger partial charge in [-0.3, -0.25) is 14.4 Å². The van der Waals surface area contributed by atoms with Gasteiger partial charge < -0.3 is 30.8 Å². The van der Waals surface area contributed by atoms with Crippen LogP contribution in [-0.2, 0) is 20.9 Å². The molecule has 1 atom stereocenters. The van der Waals surface area contributed by atoms with Crippen molar-refractivity contribution in [2.75, 3.05) is 19.6 Å². The number of carbonyl (C=O) groups excluding carboxylic acids is 3. The van der Waals surface area contributed by atoms with E-state index in [-0.39, 0.29) is 46.4 Å². The summed E-state index contributed by atoms with van der Waals surface area (Å²) >= 11 is 12.5. The van der Waals surface area contributed by atoms with Gasteiger partial charge in [-0.25, -0.2) is 4.79 Å². The molecule has 36 heavy (non-hydrogen) atoms. The number of halogens is 2. The summed E-state index contributed by atoms with van der Waals surface area (Å²) in [4.78, 5) is 48.7. The Morgan fingerprint density at radius 1 is 1.14 bits per heavy atom. The second-order valence-electron chi connectivity index (χ2n) is 8.13. The quantitative estimate of drug-likeness (QED) is 0.292. The van der Waals surface area contributed by atoms with E-state index in [4.69, 9.17) is 27.6 Å². The molecule has 0 radical (unpaired) electrons. The van der Waals surface area contributed by atoms with Gasteiger partial charge in [0.1, 0.15) is 11.8 Å². The third kappa shape index (κ3) is 7.84. The Hall–Kier alpha value is -3.34. The fourth-order valence-electron chi connectivity index (χ4n) is 3.60. The highest BCUT2D eigenvalue weighted by Gasteiger charge is 2.26. The molecule has 1 fully saturated rings. The van der Waals surface area contributed by atoms with Crippen LogP contribution < -0.4 is 21.3 Å². The van der Waals surface area contributed by atoms with Crippen molar-refractivity contribution in [3.8, 4) is 0 Å². The van der Waals surface area contributed by atoms with E-state index >= 15 is 0 Å². The Morgan fingerprint density at radius 3 is 2.44 bits per heavy atom. The lowest BCUT2D eigenvalue weighted by atomic mass is 9.97. The molecule has 1 aliphatic rings. The van der Waals surface area contributed by atoms with Crippen molar-refractivity contribution in [3.63, 3.8) is 0 Å². The second-order valence-corrected chi connectivity index (χ2v) is 8.95. The summed E-state index contributed by atoms with van der Waals surface area (Å²) in [6.45, 7) is 1.24. The Bertz CT molecular complexity index is 1110. The molecule has 0 saturated carbocycles. The Kier molecular flexibility index (Phi) is 9.92. The predicted octanol–water partition coefficient (Wildman–Crippen LogP) is 2.21. The van der Waals surface area contributed by atoms with Crippen LogP contribution in [0.2, 0.25) is 10.0 Å². The van der Waals surface area contributed by atoms with Crippen molar-refractivity contribution in [2.24, 2.45) is 5.92 Å². The SMILES string of the molecule is O=C(/C=C/c1ccco1)NCc1cc(Cl)c(C(=O)NC(CNC(=O)C2CCNCC2)C(=O)O)c(Cl)c1. The van der Waals surface area contributed by atoms with E-state index in [0.29, 0.717) is 24.2 Å². The van der Waals surface area contributed by atoms with Crippen molar-refractivity contribution in [1.29, 1.82) is 0 Å². The molecule has 2 heterocycles. The number of carbonyl (C=O) groups is 4. The second kappa shape index (κ2) is 13.1. The highest BCUT2D eigenvalue weighted by Crippen LogP contribution is 2.27. The number of piperidine rings is 1. The van der Waals surface area contributed by atoms with Crippen LogP contribution in [0, 0.1) is 5.92 Å². The van der Waals surface area contributed by atoms with Gasteiger partial charge in [0.2, 0.25) is 11.8 Å². The van der Waals surface area contributed by atoms with Crippen LogP contribution in [0.25, 0.3) is 6.08 Å². The number of nitrogens with one attached hydrogen (secondary N) is 4. The summed E-state index contributed by atoms with van der Waals surface area (Å²) in [6, 6.07) is 4.92. The standard InChI is InChI=1S/C24H26Cl2N4O6/c25-17-10-14(12-28-20(31)4-3-16-2-1-9-36-16)11-18(26)21(17)23(33)30-19(24(34)35)13-29-22(32)15-5-7-27-8-6-15/h1-4,9-11,15,19,27H,5-8,12-13H2,(H,28,31)(H,29,32)(H,30,33)(H,34,35)/b4-3+. The monoisotopic (exact) mass is 536 g/mol. The average molecular weight is 537 g/mol. The van der Waals surface area contributed by atoms with Crippen molar-refractivity contribution in [1.82, 2.24) is 21.3 Å². The van der Waals surface area contributed by atoms with E-state index in [1.54, 1.807) is 12.1 Å². The van der Waals surface area contributed by atoms with Crippen molar-refractivity contribution < 1.29 is 28.7 Å². The molecule has 5 N–H and O–H groups in total. The molecule has 1 aromatic carbocycles. The number of amides is 3. The summed E-state index contributed by atoms with van der Waals surface area (Å²) in [5, 5.41) is 20.2. The number of hydrogen-bond donors (Lipinski definition) is 5. The minimum Gasteiger partial charge on any atom is -0.480 e.